The summed E-state index contributed by atoms with van der Waals surface area (Å²) in [6.45, 7) is 3.74. The summed E-state index contributed by atoms with van der Waals surface area (Å²) in [5, 5.41) is 15.0. The zero-order valence-corrected chi connectivity index (χ0v) is 15.3. The second kappa shape index (κ2) is 9.32. The predicted molar refractivity (Wildman–Crippen MR) is 98.7 cm³/mol. The van der Waals surface area contributed by atoms with Gasteiger partial charge in [-0.05, 0) is 23.8 Å². The maximum Gasteiger partial charge on any atom is 0.314 e. The van der Waals surface area contributed by atoms with E-state index in [1.54, 1.807) is 24.3 Å². The number of hydrogen-bond acceptors (Lipinski definition) is 3. The van der Waals surface area contributed by atoms with Crippen molar-refractivity contribution in [1.29, 1.82) is 0 Å². The minimum Gasteiger partial charge on any atom is -0.491 e. The van der Waals surface area contributed by atoms with Gasteiger partial charge >= 0.3 is 6.03 Å². The highest BCUT2D eigenvalue weighted by Crippen LogP contribution is 2.24. The molecule has 2 amide bonds. The molecular weight excluding hydrogens is 354 g/mol. The van der Waals surface area contributed by atoms with Crippen LogP contribution in [0.5, 0.6) is 5.75 Å². The summed E-state index contributed by atoms with van der Waals surface area (Å²) in [6.07, 6.45) is -0.960. The number of carbonyl (C=O) groups is 1. The van der Waals surface area contributed by atoms with Crippen molar-refractivity contribution in [2.24, 2.45) is 0 Å². The third-order valence-corrected chi connectivity index (χ3v) is 4.03. The SMILES string of the molecule is CC(C)(CNC(=O)NCC(O)COc1cccc(F)c1)c1ccccc1F. The summed E-state index contributed by atoms with van der Waals surface area (Å²) >= 11 is 0. The number of ether oxygens (including phenoxy) is 1. The molecule has 2 aromatic rings. The molecule has 2 rings (SSSR count). The first kappa shape index (κ1) is 20.6. The zero-order valence-electron chi connectivity index (χ0n) is 15.3. The Morgan fingerprint density at radius 2 is 1.89 bits per heavy atom. The molecule has 1 atom stereocenters. The van der Waals surface area contributed by atoms with Gasteiger partial charge in [-0.2, -0.15) is 0 Å². The number of amides is 2. The topological polar surface area (TPSA) is 70.6 Å². The molecule has 146 valence electrons. The summed E-state index contributed by atoms with van der Waals surface area (Å²) in [5.74, 6) is -0.461. The van der Waals surface area contributed by atoms with Crippen LogP contribution in [0.3, 0.4) is 0 Å². The first-order valence-electron chi connectivity index (χ1n) is 8.61. The van der Waals surface area contributed by atoms with Crippen molar-refractivity contribution in [3.8, 4) is 5.75 Å². The van der Waals surface area contributed by atoms with Gasteiger partial charge in [-0.15, -0.1) is 0 Å². The molecule has 0 heterocycles. The second-order valence-corrected chi connectivity index (χ2v) is 6.85. The number of aliphatic hydroxyl groups excluding tert-OH is 1. The van der Waals surface area contributed by atoms with Gasteiger partial charge in [-0.1, -0.05) is 38.1 Å². The van der Waals surface area contributed by atoms with E-state index in [4.69, 9.17) is 4.74 Å². The zero-order chi connectivity index (χ0) is 19.9. The monoisotopic (exact) mass is 378 g/mol. The van der Waals surface area contributed by atoms with Crippen molar-refractivity contribution in [1.82, 2.24) is 10.6 Å². The highest BCUT2D eigenvalue weighted by Gasteiger charge is 2.24. The minimum atomic E-state index is -0.960. The van der Waals surface area contributed by atoms with Gasteiger partial charge in [0.05, 0.1) is 0 Å². The third kappa shape index (κ3) is 6.53. The lowest BCUT2D eigenvalue weighted by molar-refractivity contribution is 0.107. The largest absolute Gasteiger partial charge is 0.491 e. The number of hydrogen-bond donors (Lipinski definition) is 3. The molecule has 0 bridgehead atoms. The van der Waals surface area contributed by atoms with Crippen LogP contribution in [-0.2, 0) is 5.41 Å². The van der Waals surface area contributed by atoms with Crippen LogP contribution in [0, 0.1) is 11.6 Å². The van der Waals surface area contributed by atoms with Crippen molar-refractivity contribution in [2.45, 2.75) is 25.4 Å². The van der Waals surface area contributed by atoms with Crippen LogP contribution in [0.15, 0.2) is 48.5 Å². The van der Waals surface area contributed by atoms with Crippen LogP contribution < -0.4 is 15.4 Å². The van der Waals surface area contributed by atoms with Crippen LogP contribution in [-0.4, -0.2) is 36.9 Å². The molecule has 0 aromatic heterocycles. The predicted octanol–water partition coefficient (Wildman–Crippen LogP) is 2.98. The Labute approximate surface area is 157 Å². The summed E-state index contributed by atoms with van der Waals surface area (Å²) in [4.78, 5) is 11.9. The van der Waals surface area contributed by atoms with Crippen LogP contribution in [0.2, 0.25) is 0 Å². The number of urea groups is 1. The Kier molecular flexibility index (Phi) is 7.12. The summed E-state index contributed by atoms with van der Waals surface area (Å²) < 4.78 is 32.2. The van der Waals surface area contributed by atoms with Gasteiger partial charge in [0.2, 0.25) is 0 Å². The molecule has 3 N–H and O–H groups in total. The highest BCUT2D eigenvalue weighted by molar-refractivity contribution is 5.74. The van der Waals surface area contributed by atoms with Gasteiger partial charge in [0.1, 0.15) is 30.1 Å². The van der Waals surface area contributed by atoms with Crippen LogP contribution in [0.1, 0.15) is 19.4 Å². The van der Waals surface area contributed by atoms with E-state index < -0.39 is 23.4 Å². The number of rotatable bonds is 8. The number of halogens is 2. The normalized spacial score (nSPS) is 12.3. The first-order chi connectivity index (χ1) is 12.8. The molecule has 2 aromatic carbocycles. The summed E-state index contributed by atoms with van der Waals surface area (Å²) in [7, 11) is 0. The molecule has 0 aliphatic heterocycles. The van der Waals surface area contributed by atoms with E-state index in [1.807, 2.05) is 13.8 Å². The van der Waals surface area contributed by atoms with Crippen molar-refractivity contribution in [3.05, 3.63) is 65.7 Å². The lowest BCUT2D eigenvalue weighted by Gasteiger charge is -2.26. The number of carbonyl (C=O) groups excluding carboxylic acids is 1. The quantitative estimate of drug-likeness (QED) is 0.661. The smallest absolute Gasteiger partial charge is 0.314 e. The molecule has 0 aliphatic rings. The Hall–Kier alpha value is -2.67. The van der Waals surface area contributed by atoms with Gasteiger partial charge in [0.15, 0.2) is 0 Å². The van der Waals surface area contributed by atoms with E-state index in [0.29, 0.717) is 11.3 Å². The van der Waals surface area contributed by atoms with Gasteiger partial charge in [-0.25, -0.2) is 13.6 Å². The van der Waals surface area contributed by atoms with Crippen molar-refractivity contribution in [3.63, 3.8) is 0 Å². The molecule has 5 nitrogen and oxygen atoms in total. The second-order valence-electron chi connectivity index (χ2n) is 6.85. The molecule has 0 saturated heterocycles. The molecule has 0 aliphatic carbocycles. The molecule has 0 fully saturated rings. The molecular formula is C20H24F2N2O3. The number of aliphatic hydroxyl groups is 1. The number of nitrogens with one attached hydrogen (secondary N) is 2. The summed E-state index contributed by atoms with van der Waals surface area (Å²) in [6, 6.07) is 11.5. The van der Waals surface area contributed by atoms with E-state index in [9.17, 15) is 18.7 Å². The van der Waals surface area contributed by atoms with E-state index >= 15 is 0 Å². The molecule has 0 saturated carbocycles. The average molecular weight is 378 g/mol. The van der Waals surface area contributed by atoms with Crippen LogP contribution >= 0.6 is 0 Å². The van der Waals surface area contributed by atoms with Crippen LogP contribution in [0.4, 0.5) is 13.6 Å². The van der Waals surface area contributed by atoms with Gasteiger partial charge in [0, 0.05) is 24.6 Å². The van der Waals surface area contributed by atoms with E-state index in [0.717, 1.165) is 0 Å². The van der Waals surface area contributed by atoms with Gasteiger partial charge in [-0.3, -0.25) is 0 Å². The first-order valence-corrected chi connectivity index (χ1v) is 8.61. The molecule has 7 heteroatoms. The van der Waals surface area contributed by atoms with Gasteiger partial charge in [0.25, 0.3) is 0 Å². The Morgan fingerprint density at radius 3 is 2.59 bits per heavy atom. The fraction of sp³-hybridized carbons (Fsp3) is 0.350. The Morgan fingerprint density at radius 1 is 1.15 bits per heavy atom. The highest BCUT2D eigenvalue weighted by atomic mass is 19.1. The van der Waals surface area contributed by atoms with Gasteiger partial charge < -0.3 is 20.5 Å². The van der Waals surface area contributed by atoms with E-state index in [-0.39, 0.29) is 25.5 Å². The van der Waals surface area contributed by atoms with Crippen molar-refractivity contribution >= 4 is 6.03 Å². The maximum atomic E-state index is 13.9. The van der Waals surface area contributed by atoms with E-state index in [1.165, 1.54) is 24.3 Å². The maximum absolute atomic E-state index is 13.9. The van der Waals surface area contributed by atoms with E-state index in [2.05, 4.69) is 10.6 Å². The number of benzene rings is 2. The standard InChI is InChI=1S/C20H24F2N2O3/c1-20(2,17-8-3-4-9-18(17)22)13-24-19(26)23-11-15(25)12-27-16-7-5-6-14(21)10-16/h3-10,15,25H,11-13H2,1-2H3,(H2,23,24,26). The molecule has 0 radical (unpaired) electrons. The summed E-state index contributed by atoms with van der Waals surface area (Å²) in [5.41, 5.74) is -0.0873. The Balaban J connectivity index is 1.73. The molecule has 1 unspecified atom stereocenters. The molecule has 0 spiro atoms. The fourth-order valence-electron chi connectivity index (χ4n) is 2.49. The Bertz CT molecular complexity index is 768. The average Bonchev–Trinajstić information content (AvgIpc) is 2.63. The van der Waals surface area contributed by atoms with Crippen LogP contribution in [0.25, 0.3) is 0 Å². The lowest BCUT2D eigenvalue weighted by Crippen LogP contribution is -2.45. The van der Waals surface area contributed by atoms with Crippen molar-refractivity contribution < 1.29 is 23.4 Å². The third-order valence-electron chi connectivity index (χ3n) is 4.03. The lowest BCUT2D eigenvalue weighted by atomic mass is 9.84. The van der Waals surface area contributed by atoms with Crippen molar-refractivity contribution in [2.75, 3.05) is 19.7 Å². The minimum absolute atomic E-state index is 0.0404. The fourth-order valence-corrected chi connectivity index (χ4v) is 2.49. The molecule has 27 heavy (non-hydrogen) atoms.